The number of fused-ring (bicyclic) bond motifs is 1. The number of nitrogens with zero attached hydrogens (tertiary/aromatic N) is 2. The molecule has 0 N–H and O–H groups in total. The van der Waals surface area contributed by atoms with E-state index in [0.29, 0.717) is 19.7 Å². The van der Waals surface area contributed by atoms with Crippen molar-refractivity contribution in [1.82, 2.24) is 0 Å². The average Bonchev–Trinajstić information content (AvgIpc) is 2.71. The Hall–Kier alpha value is -2.82. The summed E-state index contributed by atoms with van der Waals surface area (Å²) in [6.45, 7) is 7.11. The number of aryl methyl sites for hydroxylation is 2. The number of hydrogen-bond acceptors (Lipinski definition) is 3. The Morgan fingerprint density at radius 1 is 1.12 bits per heavy atom. The highest BCUT2D eigenvalue weighted by molar-refractivity contribution is 6.02. The van der Waals surface area contributed by atoms with Crippen molar-refractivity contribution in [3.63, 3.8) is 0 Å². The molecule has 0 aliphatic carbocycles. The minimum Gasteiger partial charge on any atom is -0.492 e. The standard InChI is InChI=1S/C21H24N2O3/c1-15-10-16(2)12-18(11-15)26-9-8-23-20-7-5-4-6-19(20)22(14-24)13-17(3)21(23)25/h4-7,10-12,14,17H,8-9,13H2,1-3H3. The zero-order valence-corrected chi connectivity index (χ0v) is 15.4. The second-order valence-corrected chi connectivity index (χ2v) is 6.81. The largest absolute Gasteiger partial charge is 0.492 e. The van der Waals surface area contributed by atoms with Gasteiger partial charge in [-0.15, -0.1) is 0 Å². The average molecular weight is 352 g/mol. The van der Waals surface area contributed by atoms with Crippen LogP contribution in [0.5, 0.6) is 5.75 Å². The molecule has 0 spiro atoms. The molecule has 1 heterocycles. The third-order valence-electron chi connectivity index (χ3n) is 4.55. The van der Waals surface area contributed by atoms with Gasteiger partial charge in [0.05, 0.1) is 23.8 Å². The van der Waals surface area contributed by atoms with Crippen LogP contribution in [-0.4, -0.2) is 32.0 Å². The predicted octanol–water partition coefficient (Wildman–Crippen LogP) is 3.33. The summed E-state index contributed by atoms with van der Waals surface area (Å²) in [4.78, 5) is 27.6. The van der Waals surface area contributed by atoms with Crippen molar-refractivity contribution in [2.24, 2.45) is 5.92 Å². The number of benzene rings is 2. The summed E-state index contributed by atoms with van der Waals surface area (Å²) in [6, 6.07) is 13.6. The molecular formula is C21H24N2O3. The molecule has 1 aliphatic heterocycles. The number of ether oxygens (including phenoxy) is 1. The maximum absolute atomic E-state index is 12.8. The van der Waals surface area contributed by atoms with Gasteiger partial charge in [0.25, 0.3) is 0 Å². The fourth-order valence-corrected chi connectivity index (χ4v) is 3.39. The summed E-state index contributed by atoms with van der Waals surface area (Å²) in [7, 11) is 0. The van der Waals surface area contributed by atoms with E-state index < -0.39 is 0 Å². The van der Waals surface area contributed by atoms with Gasteiger partial charge in [-0.05, 0) is 49.2 Å². The summed E-state index contributed by atoms with van der Waals surface area (Å²) in [5.41, 5.74) is 3.79. The molecule has 2 aromatic carbocycles. The van der Waals surface area contributed by atoms with E-state index in [1.807, 2.05) is 57.2 Å². The van der Waals surface area contributed by atoms with Crippen LogP contribution in [0.2, 0.25) is 0 Å². The number of amides is 2. The molecular weight excluding hydrogens is 328 g/mol. The molecule has 1 atom stereocenters. The number of carbonyl (C=O) groups is 2. The van der Waals surface area contributed by atoms with Crippen LogP contribution in [-0.2, 0) is 9.59 Å². The van der Waals surface area contributed by atoms with E-state index in [1.165, 1.54) is 0 Å². The smallest absolute Gasteiger partial charge is 0.231 e. The lowest BCUT2D eigenvalue weighted by molar-refractivity contribution is -0.121. The summed E-state index contributed by atoms with van der Waals surface area (Å²) in [6.07, 6.45) is 0.790. The van der Waals surface area contributed by atoms with Crippen molar-refractivity contribution < 1.29 is 14.3 Å². The Balaban J connectivity index is 1.80. The molecule has 0 fully saturated rings. The van der Waals surface area contributed by atoms with Gasteiger partial charge >= 0.3 is 0 Å². The summed E-state index contributed by atoms with van der Waals surface area (Å²) in [5, 5.41) is 0. The predicted molar refractivity (Wildman–Crippen MR) is 103 cm³/mol. The number of carbonyl (C=O) groups excluding carboxylic acids is 2. The quantitative estimate of drug-likeness (QED) is 0.776. The van der Waals surface area contributed by atoms with Crippen LogP contribution in [0, 0.1) is 19.8 Å². The molecule has 136 valence electrons. The minimum absolute atomic E-state index is 0.00539. The van der Waals surface area contributed by atoms with Gasteiger partial charge in [-0.1, -0.05) is 25.1 Å². The second kappa shape index (κ2) is 7.60. The Labute approximate surface area is 154 Å². The maximum atomic E-state index is 12.8. The molecule has 5 nitrogen and oxygen atoms in total. The van der Waals surface area contributed by atoms with Crippen LogP contribution in [0.15, 0.2) is 42.5 Å². The highest BCUT2D eigenvalue weighted by Gasteiger charge is 2.30. The molecule has 2 aromatic rings. The van der Waals surface area contributed by atoms with Crippen molar-refractivity contribution in [3.05, 3.63) is 53.6 Å². The lowest BCUT2D eigenvalue weighted by Gasteiger charge is -2.24. The van der Waals surface area contributed by atoms with Crippen molar-refractivity contribution >= 4 is 23.7 Å². The molecule has 0 bridgehead atoms. The Morgan fingerprint density at radius 2 is 1.77 bits per heavy atom. The fourth-order valence-electron chi connectivity index (χ4n) is 3.39. The molecule has 3 rings (SSSR count). The molecule has 2 amide bonds. The molecule has 0 saturated heterocycles. The number of para-hydroxylation sites is 2. The van der Waals surface area contributed by atoms with E-state index in [-0.39, 0.29) is 11.8 Å². The van der Waals surface area contributed by atoms with E-state index in [0.717, 1.165) is 34.7 Å². The first-order valence-electron chi connectivity index (χ1n) is 8.83. The third-order valence-corrected chi connectivity index (χ3v) is 4.55. The maximum Gasteiger partial charge on any atom is 0.231 e. The third kappa shape index (κ3) is 3.72. The van der Waals surface area contributed by atoms with Crippen LogP contribution in [0.3, 0.4) is 0 Å². The lowest BCUT2D eigenvalue weighted by Crippen LogP contribution is -2.38. The van der Waals surface area contributed by atoms with Crippen LogP contribution in [0.25, 0.3) is 0 Å². The number of hydrogen-bond donors (Lipinski definition) is 0. The SMILES string of the molecule is Cc1cc(C)cc(OCCN2C(=O)C(C)CN(C=O)c3ccccc32)c1. The van der Waals surface area contributed by atoms with Crippen molar-refractivity contribution in [3.8, 4) is 5.75 Å². The van der Waals surface area contributed by atoms with Gasteiger partial charge in [0.1, 0.15) is 12.4 Å². The van der Waals surface area contributed by atoms with Gasteiger partial charge in [0, 0.05) is 6.54 Å². The van der Waals surface area contributed by atoms with Crippen molar-refractivity contribution in [1.29, 1.82) is 0 Å². The first-order valence-corrected chi connectivity index (χ1v) is 8.83. The van der Waals surface area contributed by atoms with E-state index in [9.17, 15) is 9.59 Å². The summed E-state index contributed by atoms with van der Waals surface area (Å²) < 4.78 is 5.89. The molecule has 26 heavy (non-hydrogen) atoms. The first kappa shape index (κ1) is 18.0. The molecule has 0 radical (unpaired) electrons. The number of anilines is 2. The van der Waals surface area contributed by atoms with Crippen LogP contribution in [0.1, 0.15) is 18.1 Å². The Morgan fingerprint density at radius 3 is 2.42 bits per heavy atom. The van der Waals surface area contributed by atoms with Crippen LogP contribution >= 0.6 is 0 Å². The lowest BCUT2D eigenvalue weighted by atomic mass is 10.1. The van der Waals surface area contributed by atoms with Crippen LogP contribution in [0.4, 0.5) is 11.4 Å². The molecule has 1 unspecified atom stereocenters. The molecule has 1 aliphatic rings. The zero-order valence-electron chi connectivity index (χ0n) is 15.4. The highest BCUT2D eigenvalue weighted by Crippen LogP contribution is 2.33. The van der Waals surface area contributed by atoms with Gasteiger partial charge in [0.15, 0.2) is 0 Å². The van der Waals surface area contributed by atoms with Gasteiger partial charge in [-0.25, -0.2) is 0 Å². The Kier molecular flexibility index (Phi) is 5.26. The molecule has 5 heteroatoms. The van der Waals surface area contributed by atoms with Crippen LogP contribution < -0.4 is 14.5 Å². The monoisotopic (exact) mass is 352 g/mol. The number of rotatable bonds is 5. The van der Waals surface area contributed by atoms with Gasteiger partial charge in [-0.3, -0.25) is 9.59 Å². The van der Waals surface area contributed by atoms with Gasteiger partial charge < -0.3 is 14.5 Å². The minimum atomic E-state index is -0.270. The van der Waals surface area contributed by atoms with E-state index in [2.05, 4.69) is 6.07 Å². The van der Waals surface area contributed by atoms with Crippen molar-refractivity contribution in [2.75, 3.05) is 29.5 Å². The molecule has 0 aromatic heterocycles. The normalized spacial score (nSPS) is 16.9. The highest BCUT2D eigenvalue weighted by atomic mass is 16.5. The fraction of sp³-hybridized carbons (Fsp3) is 0.333. The topological polar surface area (TPSA) is 49.9 Å². The Bertz CT molecular complexity index is 798. The first-order chi connectivity index (χ1) is 12.5. The summed E-state index contributed by atoms with van der Waals surface area (Å²) in [5.74, 6) is 0.542. The van der Waals surface area contributed by atoms with E-state index in [1.54, 1.807) is 9.80 Å². The second-order valence-electron chi connectivity index (χ2n) is 6.81. The van der Waals surface area contributed by atoms with Gasteiger partial charge in [-0.2, -0.15) is 0 Å². The molecule has 0 saturated carbocycles. The van der Waals surface area contributed by atoms with E-state index in [4.69, 9.17) is 4.74 Å². The summed E-state index contributed by atoms with van der Waals surface area (Å²) >= 11 is 0. The van der Waals surface area contributed by atoms with E-state index >= 15 is 0 Å². The van der Waals surface area contributed by atoms with Crippen molar-refractivity contribution in [2.45, 2.75) is 20.8 Å². The van der Waals surface area contributed by atoms with Gasteiger partial charge in [0.2, 0.25) is 12.3 Å². The zero-order chi connectivity index (χ0) is 18.7.